The van der Waals surface area contributed by atoms with Crippen molar-refractivity contribution in [2.45, 2.75) is 11.4 Å². The number of halogens is 2. The number of nitrogens with zero attached hydrogens (tertiary/aromatic N) is 1. The van der Waals surface area contributed by atoms with Gasteiger partial charge in [-0.3, -0.25) is 0 Å². The SMILES string of the molecule is O=S(=O)(c1cccc(F)c1)N1CC[NH+](Cc2ccccc2Br)CC1. The molecular formula is C17H19BrFN2O2S+. The highest BCUT2D eigenvalue weighted by Gasteiger charge is 2.30. The molecule has 2 aromatic rings. The normalized spacial score (nSPS) is 17.1. The van der Waals surface area contributed by atoms with Crippen LogP contribution in [0.3, 0.4) is 0 Å². The molecule has 1 saturated heterocycles. The van der Waals surface area contributed by atoms with E-state index in [4.69, 9.17) is 0 Å². The fraction of sp³-hybridized carbons (Fsp3) is 0.294. The minimum atomic E-state index is -3.62. The average Bonchev–Trinajstić information content (AvgIpc) is 2.57. The fourth-order valence-electron chi connectivity index (χ4n) is 2.91. The highest BCUT2D eigenvalue weighted by Crippen LogP contribution is 2.17. The summed E-state index contributed by atoms with van der Waals surface area (Å²) >= 11 is 3.55. The van der Waals surface area contributed by atoms with E-state index in [0.717, 1.165) is 30.2 Å². The molecule has 3 rings (SSSR count). The van der Waals surface area contributed by atoms with Gasteiger partial charge in [0.1, 0.15) is 12.4 Å². The van der Waals surface area contributed by atoms with Crippen molar-refractivity contribution < 1.29 is 17.7 Å². The van der Waals surface area contributed by atoms with Crippen LogP contribution >= 0.6 is 15.9 Å². The van der Waals surface area contributed by atoms with Crippen LogP contribution in [0.1, 0.15) is 5.56 Å². The molecule has 128 valence electrons. The van der Waals surface area contributed by atoms with E-state index in [1.807, 2.05) is 18.2 Å². The summed E-state index contributed by atoms with van der Waals surface area (Å²) in [6.45, 7) is 3.21. The van der Waals surface area contributed by atoms with Crippen molar-refractivity contribution in [3.05, 3.63) is 64.4 Å². The monoisotopic (exact) mass is 413 g/mol. The van der Waals surface area contributed by atoms with Crippen LogP contribution in [0.5, 0.6) is 0 Å². The largest absolute Gasteiger partial charge is 0.329 e. The predicted molar refractivity (Wildman–Crippen MR) is 93.7 cm³/mol. The van der Waals surface area contributed by atoms with Crippen LogP contribution in [-0.2, 0) is 16.6 Å². The van der Waals surface area contributed by atoms with Gasteiger partial charge >= 0.3 is 0 Å². The first-order valence-corrected chi connectivity index (χ1v) is 10.0. The van der Waals surface area contributed by atoms with E-state index in [1.165, 1.54) is 33.0 Å². The molecule has 1 aliphatic rings. The zero-order valence-corrected chi connectivity index (χ0v) is 15.5. The zero-order chi connectivity index (χ0) is 17.2. The molecule has 0 amide bonds. The van der Waals surface area contributed by atoms with Gasteiger partial charge in [0.25, 0.3) is 0 Å². The summed E-state index contributed by atoms with van der Waals surface area (Å²) in [5, 5.41) is 0. The van der Waals surface area contributed by atoms with E-state index in [2.05, 4.69) is 22.0 Å². The minimum absolute atomic E-state index is 0.0248. The van der Waals surface area contributed by atoms with Crippen molar-refractivity contribution in [1.82, 2.24) is 4.31 Å². The number of piperazine rings is 1. The molecule has 24 heavy (non-hydrogen) atoms. The Morgan fingerprint density at radius 2 is 1.79 bits per heavy atom. The van der Waals surface area contributed by atoms with E-state index in [0.29, 0.717) is 13.1 Å². The summed E-state index contributed by atoms with van der Waals surface area (Å²) in [6.07, 6.45) is 0. The molecule has 1 aliphatic heterocycles. The van der Waals surface area contributed by atoms with Gasteiger partial charge in [0.15, 0.2) is 0 Å². The van der Waals surface area contributed by atoms with Crippen molar-refractivity contribution in [2.24, 2.45) is 0 Å². The molecule has 2 aromatic carbocycles. The first-order chi connectivity index (χ1) is 11.5. The number of benzene rings is 2. The van der Waals surface area contributed by atoms with Gasteiger partial charge in [0.2, 0.25) is 10.0 Å². The van der Waals surface area contributed by atoms with Crippen molar-refractivity contribution in [3.63, 3.8) is 0 Å². The lowest BCUT2D eigenvalue weighted by atomic mass is 10.2. The van der Waals surface area contributed by atoms with Crippen LogP contribution < -0.4 is 4.90 Å². The van der Waals surface area contributed by atoms with Crippen molar-refractivity contribution >= 4 is 26.0 Å². The van der Waals surface area contributed by atoms with Crippen molar-refractivity contribution in [3.8, 4) is 0 Å². The van der Waals surface area contributed by atoms with Gasteiger partial charge in [-0.25, -0.2) is 12.8 Å². The summed E-state index contributed by atoms with van der Waals surface area (Å²) < 4.78 is 41.0. The molecule has 0 aliphatic carbocycles. The Kier molecular flexibility index (Phi) is 5.34. The lowest BCUT2D eigenvalue weighted by molar-refractivity contribution is -0.917. The standard InChI is InChI=1S/C17H18BrFN2O2S/c18-17-7-2-1-4-14(17)13-20-8-10-21(11-9-20)24(22,23)16-6-3-5-15(19)12-16/h1-7,12H,8-11,13H2/p+1. The molecular weight excluding hydrogens is 395 g/mol. The second-order valence-electron chi connectivity index (χ2n) is 5.88. The van der Waals surface area contributed by atoms with Gasteiger partial charge in [-0.05, 0) is 24.3 Å². The maximum absolute atomic E-state index is 13.3. The second-order valence-corrected chi connectivity index (χ2v) is 8.67. The average molecular weight is 414 g/mol. The van der Waals surface area contributed by atoms with Gasteiger partial charge in [-0.1, -0.05) is 40.2 Å². The molecule has 7 heteroatoms. The summed E-state index contributed by atoms with van der Waals surface area (Å²) in [4.78, 5) is 1.37. The lowest BCUT2D eigenvalue weighted by Gasteiger charge is -2.31. The maximum atomic E-state index is 13.3. The molecule has 1 N–H and O–H groups in total. The van der Waals surface area contributed by atoms with Gasteiger partial charge in [-0.15, -0.1) is 0 Å². The molecule has 1 heterocycles. The first kappa shape index (κ1) is 17.5. The Morgan fingerprint density at radius 1 is 1.08 bits per heavy atom. The van der Waals surface area contributed by atoms with E-state index < -0.39 is 15.8 Å². The zero-order valence-electron chi connectivity index (χ0n) is 13.1. The molecule has 0 aromatic heterocycles. The second kappa shape index (κ2) is 7.31. The van der Waals surface area contributed by atoms with Gasteiger partial charge in [-0.2, -0.15) is 4.31 Å². The molecule has 0 atom stereocenters. The number of nitrogens with one attached hydrogen (secondary N) is 1. The molecule has 0 saturated carbocycles. The van der Waals surface area contributed by atoms with E-state index in [1.54, 1.807) is 0 Å². The number of quaternary nitrogens is 1. The summed E-state index contributed by atoms with van der Waals surface area (Å²) in [5.41, 5.74) is 1.22. The Balaban J connectivity index is 1.65. The topological polar surface area (TPSA) is 41.8 Å². The Morgan fingerprint density at radius 3 is 2.46 bits per heavy atom. The third-order valence-corrected chi connectivity index (χ3v) is 6.93. The number of hydrogen-bond donors (Lipinski definition) is 1. The highest BCUT2D eigenvalue weighted by atomic mass is 79.9. The Bertz CT molecular complexity index is 821. The van der Waals surface area contributed by atoms with Gasteiger partial charge < -0.3 is 4.90 Å². The van der Waals surface area contributed by atoms with Crippen molar-refractivity contribution in [1.29, 1.82) is 0 Å². The Labute approximate surface area is 150 Å². The van der Waals surface area contributed by atoms with Crippen LogP contribution in [0.25, 0.3) is 0 Å². The van der Waals surface area contributed by atoms with Crippen LogP contribution in [0.2, 0.25) is 0 Å². The van der Waals surface area contributed by atoms with Crippen LogP contribution in [-0.4, -0.2) is 38.9 Å². The summed E-state index contributed by atoms with van der Waals surface area (Å²) in [5.74, 6) is -0.533. The molecule has 0 spiro atoms. The van der Waals surface area contributed by atoms with Gasteiger partial charge in [0, 0.05) is 10.0 Å². The van der Waals surface area contributed by atoms with E-state index in [9.17, 15) is 12.8 Å². The molecule has 0 radical (unpaired) electrons. The lowest BCUT2D eigenvalue weighted by Crippen LogP contribution is -3.13. The quantitative estimate of drug-likeness (QED) is 0.828. The van der Waals surface area contributed by atoms with Crippen LogP contribution in [0.4, 0.5) is 4.39 Å². The fourth-order valence-corrected chi connectivity index (χ4v) is 4.81. The number of rotatable bonds is 4. The summed E-state index contributed by atoms with van der Waals surface area (Å²) in [6, 6.07) is 13.3. The van der Waals surface area contributed by atoms with Crippen LogP contribution in [0, 0.1) is 5.82 Å². The van der Waals surface area contributed by atoms with E-state index >= 15 is 0 Å². The predicted octanol–water partition coefficient (Wildman–Crippen LogP) is 1.68. The maximum Gasteiger partial charge on any atom is 0.243 e. The van der Waals surface area contributed by atoms with Crippen LogP contribution in [0.15, 0.2) is 57.9 Å². The molecule has 1 fully saturated rings. The number of sulfonamides is 1. The highest BCUT2D eigenvalue weighted by molar-refractivity contribution is 9.10. The van der Waals surface area contributed by atoms with E-state index in [-0.39, 0.29) is 4.90 Å². The third-order valence-electron chi connectivity index (χ3n) is 4.26. The number of hydrogen-bond acceptors (Lipinski definition) is 2. The molecule has 4 nitrogen and oxygen atoms in total. The van der Waals surface area contributed by atoms with Crippen molar-refractivity contribution in [2.75, 3.05) is 26.2 Å². The first-order valence-electron chi connectivity index (χ1n) is 7.79. The Hall–Kier alpha value is -1.28. The van der Waals surface area contributed by atoms with Gasteiger partial charge in [0.05, 0.1) is 31.1 Å². The minimum Gasteiger partial charge on any atom is -0.329 e. The third kappa shape index (κ3) is 3.85. The molecule has 0 bridgehead atoms. The summed E-state index contributed by atoms with van der Waals surface area (Å²) in [7, 11) is -3.62. The smallest absolute Gasteiger partial charge is 0.243 e. The molecule has 0 unspecified atom stereocenters.